The second kappa shape index (κ2) is 7.89. The molecular formula is C16H28N2O. The molecule has 2 heterocycles. The lowest BCUT2D eigenvalue weighted by Crippen LogP contribution is -2.42. The fraction of sp³-hybridized carbons (Fsp3) is 0.875. The quantitative estimate of drug-likeness (QED) is 0.721. The third-order valence-corrected chi connectivity index (χ3v) is 4.46. The third-order valence-electron chi connectivity index (χ3n) is 4.46. The number of nitrogens with zero attached hydrogens (tertiary/aromatic N) is 2. The number of hydrogen-bond donors (Lipinski definition) is 0. The second-order valence-electron chi connectivity index (χ2n) is 5.98. The van der Waals surface area contributed by atoms with Crippen LogP contribution in [0.25, 0.3) is 0 Å². The van der Waals surface area contributed by atoms with E-state index in [1.165, 1.54) is 58.4 Å². The van der Waals surface area contributed by atoms with Gasteiger partial charge in [-0.25, -0.2) is 0 Å². The summed E-state index contributed by atoms with van der Waals surface area (Å²) in [5, 5.41) is 0. The van der Waals surface area contributed by atoms with Crippen molar-refractivity contribution in [3.8, 4) is 11.8 Å². The zero-order valence-electron chi connectivity index (χ0n) is 12.5. The van der Waals surface area contributed by atoms with Crippen molar-refractivity contribution in [1.29, 1.82) is 0 Å². The Morgan fingerprint density at radius 3 is 2.37 bits per heavy atom. The summed E-state index contributed by atoms with van der Waals surface area (Å²) in [5.74, 6) is 6.79. The van der Waals surface area contributed by atoms with Crippen LogP contribution >= 0.6 is 0 Å². The molecule has 2 fully saturated rings. The molecule has 0 aromatic rings. The van der Waals surface area contributed by atoms with Gasteiger partial charge in [0.1, 0.15) is 6.61 Å². The van der Waals surface area contributed by atoms with Gasteiger partial charge in [-0.3, -0.25) is 0 Å². The molecule has 0 spiro atoms. The molecule has 0 radical (unpaired) electrons. The van der Waals surface area contributed by atoms with E-state index < -0.39 is 0 Å². The van der Waals surface area contributed by atoms with Crippen LogP contribution in [-0.4, -0.2) is 62.3 Å². The molecule has 2 aliphatic rings. The average Bonchev–Trinajstić information content (AvgIpc) is 2.44. The van der Waals surface area contributed by atoms with Crippen molar-refractivity contribution in [2.24, 2.45) is 5.92 Å². The van der Waals surface area contributed by atoms with Crippen LogP contribution in [0.15, 0.2) is 0 Å². The molecular weight excluding hydrogens is 236 g/mol. The van der Waals surface area contributed by atoms with Gasteiger partial charge in [-0.1, -0.05) is 5.92 Å². The average molecular weight is 264 g/mol. The predicted octanol–water partition coefficient (Wildman–Crippen LogP) is 1.83. The molecule has 0 bridgehead atoms. The largest absolute Gasteiger partial charge is 0.365 e. The Morgan fingerprint density at radius 1 is 1.05 bits per heavy atom. The summed E-state index contributed by atoms with van der Waals surface area (Å²) in [7, 11) is 2.23. The second-order valence-corrected chi connectivity index (χ2v) is 5.98. The van der Waals surface area contributed by atoms with E-state index in [1.54, 1.807) is 0 Å². The Balaban J connectivity index is 1.61. The van der Waals surface area contributed by atoms with Crippen molar-refractivity contribution in [3.05, 3.63) is 0 Å². The van der Waals surface area contributed by atoms with Gasteiger partial charge in [-0.05, 0) is 58.7 Å². The number of likely N-dealkylation sites (tertiary alicyclic amines) is 2. The smallest absolute Gasteiger partial charge is 0.108 e. The van der Waals surface area contributed by atoms with Crippen LogP contribution in [0.3, 0.4) is 0 Å². The molecule has 108 valence electrons. The molecule has 2 rings (SSSR count). The van der Waals surface area contributed by atoms with Crippen LogP contribution in [0.1, 0.15) is 32.6 Å². The molecule has 0 aromatic carbocycles. The number of rotatable bonds is 4. The van der Waals surface area contributed by atoms with Crippen LogP contribution in [0.2, 0.25) is 0 Å². The summed E-state index contributed by atoms with van der Waals surface area (Å²) in [6.45, 7) is 8.74. The van der Waals surface area contributed by atoms with E-state index in [-0.39, 0.29) is 0 Å². The fourth-order valence-corrected chi connectivity index (χ4v) is 3.10. The molecule has 0 N–H and O–H groups in total. The highest BCUT2D eigenvalue weighted by molar-refractivity contribution is 4.95. The molecule has 0 atom stereocenters. The number of piperidine rings is 2. The summed E-state index contributed by atoms with van der Waals surface area (Å²) in [5.41, 5.74) is 0. The van der Waals surface area contributed by atoms with Gasteiger partial charge < -0.3 is 14.5 Å². The summed E-state index contributed by atoms with van der Waals surface area (Å²) in [6, 6.07) is 0. The normalized spacial score (nSPS) is 24.1. The minimum Gasteiger partial charge on any atom is -0.365 e. The lowest BCUT2D eigenvalue weighted by atomic mass is 9.95. The standard InChI is InChI=1S/C16H28N2O/c1-3-4-13-19-16-7-11-18(12-8-16)14-15-5-9-17(2)10-6-15/h15-16H,5-14H2,1-2H3. The van der Waals surface area contributed by atoms with Gasteiger partial charge >= 0.3 is 0 Å². The van der Waals surface area contributed by atoms with E-state index in [9.17, 15) is 0 Å². The molecule has 19 heavy (non-hydrogen) atoms. The van der Waals surface area contributed by atoms with Gasteiger partial charge in [0, 0.05) is 19.6 Å². The first-order valence-electron chi connectivity index (χ1n) is 7.70. The minimum absolute atomic E-state index is 0.439. The minimum atomic E-state index is 0.439. The molecule has 0 amide bonds. The fourth-order valence-electron chi connectivity index (χ4n) is 3.10. The van der Waals surface area contributed by atoms with Gasteiger partial charge in [0.25, 0.3) is 0 Å². The Hall–Kier alpha value is -0.560. The van der Waals surface area contributed by atoms with Crippen LogP contribution in [0.5, 0.6) is 0 Å². The van der Waals surface area contributed by atoms with E-state index in [0.29, 0.717) is 12.7 Å². The maximum absolute atomic E-state index is 5.77. The van der Waals surface area contributed by atoms with Crippen LogP contribution in [-0.2, 0) is 4.74 Å². The lowest BCUT2D eigenvalue weighted by molar-refractivity contribution is 0.0182. The molecule has 0 saturated carbocycles. The van der Waals surface area contributed by atoms with Crippen LogP contribution in [0, 0.1) is 17.8 Å². The first-order valence-corrected chi connectivity index (χ1v) is 7.70. The SMILES string of the molecule is CC#CCOC1CCN(CC2CCN(C)CC2)CC1. The topological polar surface area (TPSA) is 15.7 Å². The first kappa shape index (κ1) is 14.8. The Morgan fingerprint density at radius 2 is 1.74 bits per heavy atom. The van der Waals surface area contributed by atoms with E-state index >= 15 is 0 Å². The summed E-state index contributed by atoms with van der Waals surface area (Å²) < 4.78 is 5.77. The Bertz CT molecular complexity index is 304. The molecule has 0 aliphatic carbocycles. The zero-order chi connectivity index (χ0) is 13.5. The van der Waals surface area contributed by atoms with Crippen LogP contribution < -0.4 is 0 Å². The first-order chi connectivity index (χ1) is 9.28. The lowest BCUT2D eigenvalue weighted by Gasteiger charge is -2.36. The highest BCUT2D eigenvalue weighted by Gasteiger charge is 2.23. The summed E-state index contributed by atoms with van der Waals surface area (Å²) >= 11 is 0. The molecule has 0 unspecified atom stereocenters. The van der Waals surface area contributed by atoms with Gasteiger partial charge in [-0.15, -0.1) is 5.92 Å². The number of hydrogen-bond acceptors (Lipinski definition) is 3. The van der Waals surface area contributed by atoms with Crippen molar-refractivity contribution in [2.45, 2.75) is 38.7 Å². The van der Waals surface area contributed by atoms with E-state index in [4.69, 9.17) is 4.74 Å². The van der Waals surface area contributed by atoms with Crippen molar-refractivity contribution < 1.29 is 4.74 Å². The maximum Gasteiger partial charge on any atom is 0.108 e. The highest BCUT2D eigenvalue weighted by atomic mass is 16.5. The molecule has 2 aliphatic heterocycles. The Labute approximate surface area is 118 Å². The highest BCUT2D eigenvalue weighted by Crippen LogP contribution is 2.20. The summed E-state index contributed by atoms with van der Waals surface area (Å²) in [6.07, 6.45) is 5.54. The van der Waals surface area contributed by atoms with Gasteiger partial charge in [0.2, 0.25) is 0 Å². The van der Waals surface area contributed by atoms with Gasteiger partial charge in [0.15, 0.2) is 0 Å². The third kappa shape index (κ3) is 5.14. The predicted molar refractivity (Wildman–Crippen MR) is 79.1 cm³/mol. The molecule has 3 heteroatoms. The molecule has 0 aromatic heterocycles. The molecule has 2 saturated heterocycles. The summed E-state index contributed by atoms with van der Waals surface area (Å²) in [4.78, 5) is 5.09. The van der Waals surface area contributed by atoms with E-state index in [1.807, 2.05) is 6.92 Å². The van der Waals surface area contributed by atoms with Gasteiger partial charge in [0.05, 0.1) is 6.10 Å². The van der Waals surface area contributed by atoms with Crippen molar-refractivity contribution >= 4 is 0 Å². The Kier molecular flexibility index (Phi) is 6.16. The molecule has 3 nitrogen and oxygen atoms in total. The van der Waals surface area contributed by atoms with E-state index in [0.717, 1.165) is 5.92 Å². The zero-order valence-corrected chi connectivity index (χ0v) is 12.5. The van der Waals surface area contributed by atoms with Crippen molar-refractivity contribution in [3.63, 3.8) is 0 Å². The number of ether oxygens (including phenoxy) is 1. The van der Waals surface area contributed by atoms with E-state index in [2.05, 4.69) is 28.7 Å². The monoisotopic (exact) mass is 264 g/mol. The van der Waals surface area contributed by atoms with Crippen molar-refractivity contribution in [2.75, 3.05) is 46.4 Å². The van der Waals surface area contributed by atoms with Crippen LogP contribution in [0.4, 0.5) is 0 Å². The van der Waals surface area contributed by atoms with Crippen molar-refractivity contribution in [1.82, 2.24) is 9.80 Å². The van der Waals surface area contributed by atoms with Gasteiger partial charge in [-0.2, -0.15) is 0 Å². The maximum atomic E-state index is 5.77.